The number of aryl methyl sites for hydroxylation is 1. The minimum Gasteiger partial charge on any atom is -0.348 e. The molecule has 2 rings (SSSR count). The molecule has 0 radical (unpaired) electrons. The third-order valence-corrected chi connectivity index (χ3v) is 6.74. The number of carbonyl (C=O) groups is 1. The lowest BCUT2D eigenvalue weighted by molar-refractivity contribution is 0.0950. The highest BCUT2D eigenvalue weighted by Crippen LogP contribution is 2.18. The number of nitrogens with one attached hydrogen (secondary N) is 2. The van der Waals surface area contributed by atoms with Crippen molar-refractivity contribution in [2.45, 2.75) is 65.1 Å². The molecule has 0 aliphatic heterocycles. The SMILES string of the molecule is CCN(CC)Cc1ccc(CNC(=O)c2cc(S(=O)(=O)NC(C)(C)C)ccc2C)cc1. The van der Waals surface area contributed by atoms with Crippen LogP contribution in [0.4, 0.5) is 0 Å². The summed E-state index contributed by atoms with van der Waals surface area (Å²) in [6, 6.07) is 12.8. The van der Waals surface area contributed by atoms with E-state index >= 15 is 0 Å². The molecular weight excluding hydrogens is 410 g/mol. The molecule has 0 aromatic heterocycles. The molecule has 0 aliphatic carbocycles. The maximum atomic E-state index is 12.8. The van der Waals surface area contributed by atoms with Crippen molar-refractivity contribution >= 4 is 15.9 Å². The Kier molecular flexibility index (Phi) is 8.40. The van der Waals surface area contributed by atoms with Crippen LogP contribution in [0.5, 0.6) is 0 Å². The van der Waals surface area contributed by atoms with E-state index < -0.39 is 15.6 Å². The minimum atomic E-state index is -3.71. The Hall–Kier alpha value is -2.22. The van der Waals surface area contributed by atoms with Crippen LogP contribution < -0.4 is 10.0 Å². The zero-order chi connectivity index (χ0) is 23.2. The molecule has 0 spiro atoms. The lowest BCUT2D eigenvalue weighted by atomic mass is 10.1. The van der Waals surface area contributed by atoms with Gasteiger partial charge in [-0.2, -0.15) is 0 Å². The first-order chi connectivity index (χ1) is 14.4. The van der Waals surface area contributed by atoms with Crippen molar-refractivity contribution < 1.29 is 13.2 Å². The summed E-state index contributed by atoms with van der Waals surface area (Å²) in [7, 11) is -3.71. The van der Waals surface area contributed by atoms with Crippen molar-refractivity contribution in [3.63, 3.8) is 0 Å². The summed E-state index contributed by atoms with van der Waals surface area (Å²) in [4.78, 5) is 15.2. The number of rotatable bonds is 9. The molecule has 7 heteroatoms. The van der Waals surface area contributed by atoms with E-state index in [-0.39, 0.29) is 10.8 Å². The van der Waals surface area contributed by atoms with Gasteiger partial charge in [0.1, 0.15) is 0 Å². The van der Waals surface area contributed by atoms with Gasteiger partial charge in [-0.05, 0) is 69.6 Å². The third-order valence-electron chi connectivity index (χ3n) is 4.98. The number of hydrogen-bond donors (Lipinski definition) is 2. The lowest BCUT2D eigenvalue weighted by Gasteiger charge is -2.20. The van der Waals surface area contributed by atoms with Crippen LogP contribution in [0, 0.1) is 6.92 Å². The van der Waals surface area contributed by atoms with Gasteiger partial charge in [-0.3, -0.25) is 9.69 Å². The van der Waals surface area contributed by atoms with Crippen LogP contribution in [0.25, 0.3) is 0 Å². The molecular formula is C24H35N3O3S. The molecule has 31 heavy (non-hydrogen) atoms. The van der Waals surface area contributed by atoms with Crippen molar-refractivity contribution in [2.75, 3.05) is 13.1 Å². The van der Waals surface area contributed by atoms with Gasteiger partial charge in [0, 0.05) is 24.2 Å². The summed E-state index contributed by atoms with van der Waals surface area (Å²) in [5.41, 5.74) is 2.70. The molecule has 0 aliphatic rings. The monoisotopic (exact) mass is 445 g/mol. The molecule has 0 bridgehead atoms. The smallest absolute Gasteiger partial charge is 0.251 e. The fourth-order valence-electron chi connectivity index (χ4n) is 3.22. The number of benzene rings is 2. The Morgan fingerprint density at radius 2 is 1.55 bits per heavy atom. The predicted molar refractivity (Wildman–Crippen MR) is 125 cm³/mol. The quantitative estimate of drug-likeness (QED) is 0.615. The molecule has 0 heterocycles. The van der Waals surface area contributed by atoms with Gasteiger partial charge in [-0.1, -0.05) is 44.2 Å². The Labute approximate surface area is 187 Å². The number of hydrogen-bond acceptors (Lipinski definition) is 4. The number of amides is 1. The first kappa shape index (κ1) is 25.0. The van der Waals surface area contributed by atoms with Gasteiger partial charge in [0.15, 0.2) is 0 Å². The van der Waals surface area contributed by atoms with E-state index in [2.05, 4.69) is 40.9 Å². The highest BCUT2D eigenvalue weighted by molar-refractivity contribution is 7.89. The first-order valence-corrected chi connectivity index (χ1v) is 12.2. The summed E-state index contributed by atoms with van der Waals surface area (Å²) < 4.78 is 27.9. The summed E-state index contributed by atoms with van der Waals surface area (Å²) >= 11 is 0. The van der Waals surface area contributed by atoms with Gasteiger partial charge < -0.3 is 5.32 Å². The molecule has 6 nitrogen and oxygen atoms in total. The molecule has 170 valence electrons. The number of carbonyl (C=O) groups excluding carboxylic acids is 1. The van der Waals surface area contributed by atoms with E-state index in [0.717, 1.165) is 30.8 Å². The van der Waals surface area contributed by atoms with Gasteiger partial charge in [0.25, 0.3) is 5.91 Å². The Bertz CT molecular complexity index is 990. The molecule has 2 aromatic rings. The van der Waals surface area contributed by atoms with E-state index in [1.54, 1.807) is 33.8 Å². The van der Waals surface area contributed by atoms with E-state index in [0.29, 0.717) is 12.1 Å². The second-order valence-corrected chi connectivity index (χ2v) is 10.5. The van der Waals surface area contributed by atoms with Crippen LogP contribution in [-0.4, -0.2) is 37.9 Å². The van der Waals surface area contributed by atoms with Crippen molar-refractivity contribution in [3.8, 4) is 0 Å². The standard InChI is InChI=1S/C24H35N3O3S/c1-7-27(8-2)17-20-12-10-19(11-13-20)16-25-23(28)22-15-21(14-9-18(22)3)31(29,30)26-24(4,5)6/h9-15,26H,7-8,16-17H2,1-6H3,(H,25,28). The fourth-order valence-corrected chi connectivity index (χ4v) is 4.66. The molecule has 0 atom stereocenters. The third kappa shape index (κ3) is 7.45. The van der Waals surface area contributed by atoms with E-state index in [1.807, 2.05) is 12.1 Å². The molecule has 0 saturated heterocycles. The van der Waals surface area contributed by atoms with Crippen molar-refractivity contribution in [1.82, 2.24) is 14.9 Å². The van der Waals surface area contributed by atoms with Gasteiger partial charge in [-0.25, -0.2) is 13.1 Å². The second-order valence-electron chi connectivity index (χ2n) is 8.79. The summed E-state index contributed by atoms with van der Waals surface area (Å²) in [6.45, 7) is 14.7. The molecule has 2 N–H and O–H groups in total. The van der Waals surface area contributed by atoms with Crippen molar-refractivity contribution in [2.24, 2.45) is 0 Å². The highest BCUT2D eigenvalue weighted by Gasteiger charge is 2.23. The highest BCUT2D eigenvalue weighted by atomic mass is 32.2. The zero-order valence-corrected chi connectivity index (χ0v) is 20.3. The van der Waals surface area contributed by atoms with Crippen LogP contribution in [-0.2, 0) is 23.1 Å². The molecule has 1 amide bonds. The van der Waals surface area contributed by atoms with Crippen LogP contribution in [0.1, 0.15) is 61.7 Å². The van der Waals surface area contributed by atoms with E-state index in [4.69, 9.17) is 0 Å². The van der Waals surface area contributed by atoms with Crippen LogP contribution >= 0.6 is 0 Å². The summed E-state index contributed by atoms with van der Waals surface area (Å²) in [5.74, 6) is -0.294. The first-order valence-electron chi connectivity index (χ1n) is 10.7. The van der Waals surface area contributed by atoms with E-state index in [9.17, 15) is 13.2 Å². The average Bonchev–Trinajstić information content (AvgIpc) is 2.69. The van der Waals surface area contributed by atoms with Gasteiger partial charge in [0.05, 0.1) is 4.90 Å². The topological polar surface area (TPSA) is 78.5 Å². The molecule has 0 saturated carbocycles. The lowest BCUT2D eigenvalue weighted by Crippen LogP contribution is -2.40. The Morgan fingerprint density at radius 3 is 2.10 bits per heavy atom. The van der Waals surface area contributed by atoms with Crippen LogP contribution in [0.3, 0.4) is 0 Å². The minimum absolute atomic E-state index is 0.0823. The molecule has 2 aromatic carbocycles. The molecule has 0 fully saturated rings. The van der Waals surface area contributed by atoms with Crippen molar-refractivity contribution in [3.05, 3.63) is 64.7 Å². The summed E-state index contributed by atoms with van der Waals surface area (Å²) in [5, 5.41) is 2.90. The largest absolute Gasteiger partial charge is 0.348 e. The molecule has 0 unspecified atom stereocenters. The van der Waals surface area contributed by atoms with Gasteiger partial charge in [0.2, 0.25) is 10.0 Å². The van der Waals surface area contributed by atoms with Crippen LogP contribution in [0.2, 0.25) is 0 Å². The fraction of sp³-hybridized carbons (Fsp3) is 0.458. The normalized spacial score (nSPS) is 12.2. The Balaban J connectivity index is 2.09. The van der Waals surface area contributed by atoms with Gasteiger partial charge in [-0.15, -0.1) is 0 Å². The maximum Gasteiger partial charge on any atom is 0.251 e. The zero-order valence-electron chi connectivity index (χ0n) is 19.5. The van der Waals surface area contributed by atoms with Crippen LogP contribution in [0.15, 0.2) is 47.4 Å². The summed E-state index contributed by atoms with van der Waals surface area (Å²) in [6.07, 6.45) is 0. The number of sulfonamides is 1. The van der Waals surface area contributed by atoms with E-state index in [1.165, 1.54) is 17.7 Å². The van der Waals surface area contributed by atoms with Crippen molar-refractivity contribution in [1.29, 1.82) is 0 Å². The number of nitrogens with zero attached hydrogens (tertiary/aromatic N) is 1. The maximum absolute atomic E-state index is 12.8. The Morgan fingerprint density at radius 1 is 0.968 bits per heavy atom. The predicted octanol–water partition coefficient (Wildman–Crippen LogP) is 3.84. The second kappa shape index (κ2) is 10.4. The average molecular weight is 446 g/mol. The van der Waals surface area contributed by atoms with Gasteiger partial charge >= 0.3 is 0 Å².